The predicted molar refractivity (Wildman–Crippen MR) is 109 cm³/mol. The van der Waals surface area contributed by atoms with E-state index >= 15 is 0 Å². The van der Waals surface area contributed by atoms with Gasteiger partial charge in [0.25, 0.3) is 0 Å². The van der Waals surface area contributed by atoms with Crippen LogP contribution in [0.4, 0.5) is 5.69 Å². The minimum Gasteiger partial charge on any atom is -0.322 e. The van der Waals surface area contributed by atoms with Crippen LogP contribution in [-0.4, -0.2) is 20.9 Å². The molecule has 0 aliphatic rings. The molecule has 1 heterocycles. The molecular formula is C21H23N3OS. The van der Waals surface area contributed by atoms with Crippen molar-refractivity contribution in [2.45, 2.75) is 31.8 Å². The number of carbonyl (C=O) groups is 1. The topological polar surface area (TPSA) is 46.9 Å². The van der Waals surface area contributed by atoms with E-state index in [0.717, 1.165) is 28.5 Å². The van der Waals surface area contributed by atoms with Gasteiger partial charge in [0.1, 0.15) is 0 Å². The smallest absolute Gasteiger partial charge is 0.237 e. The minimum absolute atomic E-state index is 0.00439. The SMILES string of the molecule is Cc1nn(-c2ccccc2)c(C)c1NC(=O)C(C)SCc1ccccc1. The molecule has 0 saturated heterocycles. The molecule has 0 bridgehead atoms. The molecule has 1 aromatic heterocycles. The number of nitrogens with zero attached hydrogens (tertiary/aromatic N) is 2. The first-order valence-electron chi connectivity index (χ1n) is 8.64. The highest BCUT2D eigenvalue weighted by Gasteiger charge is 2.19. The summed E-state index contributed by atoms with van der Waals surface area (Å²) in [5.74, 6) is 0.821. The number of para-hydroxylation sites is 1. The number of thioether (sulfide) groups is 1. The zero-order chi connectivity index (χ0) is 18.5. The van der Waals surface area contributed by atoms with Crippen LogP contribution in [0.3, 0.4) is 0 Å². The zero-order valence-corrected chi connectivity index (χ0v) is 16.1. The van der Waals surface area contributed by atoms with Crippen LogP contribution >= 0.6 is 11.8 Å². The lowest BCUT2D eigenvalue weighted by Gasteiger charge is -2.12. The first-order chi connectivity index (χ1) is 12.6. The number of amides is 1. The van der Waals surface area contributed by atoms with Crippen molar-refractivity contribution in [3.05, 3.63) is 77.6 Å². The van der Waals surface area contributed by atoms with Crippen LogP contribution in [0.15, 0.2) is 60.7 Å². The van der Waals surface area contributed by atoms with Gasteiger partial charge in [0.2, 0.25) is 5.91 Å². The van der Waals surface area contributed by atoms with Crippen LogP contribution in [0, 0.1) is 13.8 Å². The maximum absolute atomic E-state index is 12.6. The average Bonchev–Trinajstić information content (AvgIpc) is 2.95. The molecule has 0 fully saturated rings. The first-order valence-corrected chi connectivity index (χ1v) is 9.69. The molecule has 1 N–H and O–H groups in total. The number of hydrogen-bond acceptors (Lipinski definition) is 3. The predicted octanol–water partition coefficient (Wildman–Crippen LogP) is 4.75. The molecule has 5 heteroatoms. The molecule has 0 aliphatic heterocycles. The quantitative estimate of drug-likeness (QED) is 0.686. The molecule has 3 aromatic rings. The lowest BCUT2D eigenvalue weighted by molar-refractivity contribution is -0.115. The molecule has 0 saturated carbocycles. The largest absolute Gasteiger partial charge is 0.322 e. The Hall–Kier alpha value is -2.53. The maximum atomic E-state index is 12.6. The normalized spacial score (nSPS) is 12.0. The summed E-state index contributed by atoms with van der Waals surface area (Å²) in [6, 6.07) is 20.1. The van der Waals surface area contributed by atoms with Gasteiger partial charge in [0.05, 0.1) is 28.0 Å². The highest BCUT2D eigenvalue weighted by molar-refractivity contribution is 7.99. The van der Waals surface area contributed by atoms with Crippen LogP contribution < -0.4 is 5.32 Å². The van der Waals surface area contributed by atoms with Gasteiger partial charge in [-0.1, -0.05) is 48.5 Å². The van der Waals surface area contributed by atoms with Crippen molar-refractivity contribution in [3.8, 4) is 5.69 Å². The molecule has 134 valence electrons. The Morgan fingerprint density at radius 2 is 1.69 bits per heavy atom. The lowest BCUT2D eigenvalue weighted by atomic mass is 10.2. The number of carbonyl (C=O) groups excluding carboxylic acids is 1. The summed E-state index contributed by atoms with van der Waals surface area (Å²) in [7, 11) is 0. The molecule has 4 nitrogen and oxygen atoms in total. The number of hydrogen-bond donors (Lipinski definition) is 1. The van der Waals surface area contributed by atoms with Crippen LogP contribution in [0.5, 0.6) is 0 Å². The molecule has 26 heavy (non-hydrogen) atoms. The second-order valence-electron chi connectivity index (χ2n) is 6.22. The maximum Gasteiger partial charge on any atom is 0.237 e. The minimum atomic E-state index is -0.144. The van der Waals surface area contributed by atoms with Gasteiger partial charge in [0.15, 0.2) is 0 Å². The third kappa shape index (κ3) is 4.17. The van der Waals surface area contributed by atoms with Crippen LogP contribution in [0.1, 0.15) is 23.9 Å². The van der Waals surface area contributed by atoms with E-state index in [4.69, 9.17) is 0 Å². The van der Waals surface area contributed by atoms with E-state index in [9.17, 15) is 4.79 Å². The van der Waals surface area contributed by atoms with E-state index in [1.807, 2.05) is 74.0 Å². The van der Waals surface area contributed by atoms with Crippen molar-refractivity contribution in [1.29, 1.82) is 0 Å². The van der Waals surface area contributed by atoms with Crippen molar-refractivity contribution in [1.82, 2.24) is 9.78 Å². The number of nitrogens with one attached hydrogen (secondary N) is 1. The van der Waals surface area contributed by atoms with Crippen LogP contribution in [0.25, 0.3) is 5.69 Å². The van der Waals surface area contributed by atoms with Crippen molar-refractivity contribution in [2.24, 2.45) is 0 Å². The standard InChI is InChI=1S/C21H23N3OS/c1-15-20(16(2)24(23-15)19-12-8-5-9-13-19)22-21(25)17(3)26-14-18-10-6-4-7-11-18/h4-13,17H,14H2,1-3H3,(H,22,25). The van der Waals surface area contributed by atoms with Gasteiger partial charge in [-0.05, 0) is 38.5 Å². The van der Waals surface area contributed by atoms with E-state index < -0.39 is 0 Å². The third-order valence-corrected chi connectivity index (χ3v) is 5.47. The summed E-state index contributed by atoms with van der Waals surface area (Å²) in [4.78, 5) is 12.6. The first kappa shape index (κ1) is 18.3. The summed E-state index contributed by atoms with van der Waals surface area (Å²) < 4.78 is 1.87. The number of aryl methyl sites for hydroxylation is 1. The summed E-state index contributed by atoms with van der Waals surface area (Å²) in [6.45, 7) is 5.84. The fraction of sp³-hybridized carbons (Fsp3) is 0.238. The van der Waals surface area contributed by atoms with E-state index in [-0.39, 0.29) is 11.2 Å². The molecule has 0 spiro atoms. The molecular weight excluding hydrogens is 342 g/mol. The fourth-order valence-corrected chi connectivity index (χ4v) is 3.59. The van der Waals surface area contributed by atoms with E-state index in [1.165, 1.54) is 5.56 Å². The Labute approximate surface area is 158 Å². The molecule has 0 radical (unpaired) electrons. The lowest BCUT2D eigenvalue weighted by Crippen LogP contribution is -2.23. The number of anilines is 1. The highest BCUT2D eigenvalue weighted by Crippen LogP contribution is 2.25. The molecule has 3 rings (SSSR count). The molecule has 1 atom stereocenters. The van der Waals surface area contributed by atoms with Crippen LogP contribution in [-0.2, 0) is 10.5 Å². The van der Waals surface area contributed by atoms with Gasteiger partial charge in [-0.15, -0.1) is 11.8 Å². The van der Waals surface area contributed by atoms with Crippen molar-refractivity contribution in [3.63, 3.8) is 0 Å². The summed E-state index contributed by atoms with van der Waals surface area (Å²) in [6.07, 6.45) is 0. The molecule has 0 aliphatic carbocycles. The summed E-state index contributed by atoms with van der Waals surface area (Å²) in [5, 5.41) is 7.50. The molecule has 1 unspecified atom stereocenters. The van der Waals surface area contributed by atoms with Gasteiger partial charge >= 0.3 is 0 Å². The molecule has 2 aromatic carbocycles. The Balaban J connectivity index is 1.68. The van der Waals surface area contributed by atoms with Gasteiger partial charge < -0.3 is 5.32 Å². The van der Waals surface area contributed by atoms with Crippen molar-refractivity contribution in [2.75, 3.05) is 5.32 Å². The monoisotopic (exact) mass is 365 g/mol. The molecule has 1 amide bonds. The fourth-order valence-electron chi connectivity index (χ4n) is 2.74. The van der Waals surface area contributed by atoms with Crippen molar-refractivity contribution >= 4 is 23.4 Å². The Kier molecular flexibility index (Phi) is 5.78. The summed E-state index contributed by atoms with van der Waals surface area (Å²) >= 11 is 1.63. The van der Waals surface area contributed by atoms with Gasteiger partial charge in [-0.3, -0.25) is 4.79 Å². The number of benzene rings is 2. The number of aromatic nitrogens is 2. The second-order valence-corrected chi connectivity index (χ2v) is 7.55. The van der Waals surface area contributed by atoms with E-state index in [1.54, 1.807) is 11.8 Å². The zero-order valence-electron chi connectivity index (χ0n) is 15.3. The third-order valence-electron chi connectivity index (χ3n) is 4.25. The van der Waals surface area contributed by atoms with Crippen molar-refractivity contribution < 1.29 is 4.79 Å². The number of rotatable bonds is 6. The second kappa shape index (κ2) is 8.23. The Morgan fingerprint density at radius 3 is 2.35 bits per heavy atom. The van der Waals surface area contributed by atoms with Gasteiger partial charge in [0, 0.05) is 5.75 Å². The Bertz CT molecular complexity index is 875. The highest BCUT2D eigenvalue weighted by atomic mass is 32.2. The average molecular weight is 366 g/mol. The van der Waals surface area contributed by atoms with Crippen LogP contribution in [0.2, 0.25) is 0 Å². The van der Waals surface area contributed by atoms with Gasteiger partial charge in [-0.2, -0.15) is 5.10 Å². The van der Waals surface area contributed by atoms with E-state index in [0.29, 0.717) is 0 Å². The van der Waals surface area contributed by atoms with E-state index in [2.05, 4.69) is 22.5 Å². The Morgan fingerprint density at radius 1 is 1.08 bits per heavy atom. The summed E-state index contributed by atoms with van der Waals surface area (Å²) in [5.41, 5.74) is 4.76. The van der Waals surface area contributed by atoms with Gasteiger partial charge in [-0.25, -0.2) is 4.68 Å².